The number of aliphatic hydroxyl groups excluding tert-OH is 1. The first-order chi connectivity index (χ1) is 18.7. The first-order valence-corrected chi connectivity index (χ1v) is 14.2. The topological polar surface area (TPSA) is 154 Å². The Bertz CT molecular complexity index is 1440. The van der Waals surface area contributed by atoms with Crippen molar-refractivity contribution in [3.8, 4) is 0 Å². The number of aliphatic imine (C=N–C) groups is 1. The Morgan fingerprint density at radius 1 is 1.23 bits per heavy atom. The lowest BCUT2D eigenvalue weighted by Crippen LogP contribution is -2.50. The molecule has 2 aliphatic rings. The van der Waals surface area contributed by atoms with E-state index >= 15 is 0 Å². The van der Waals surface area contributed by atoms with Gasteiger partial charge in [-0.1, -0.05) is 18.2 Å². The lowest BCUT2D eigenvalue weighted by molar-refractivity contribution is -0.137. The highest BCUT2D eigenvalue weighted by atomic mass is 32.2. The van der Waals surface area contributed by atoms with Gasteiger partial charge in [-0.3, -0.25) is 14.6 Å². The molecule has 1 unspecified atom stereocenters. The number of piperidine rings is 1. The zero-order chi connectivity index (χ0) is 29.3. The van der Waals surface area contributed by atoms with Crippen LogP contribution in [0.25, 0.3) is 0 Å². The van der Waals surface area contributed by atoms with Crippen LogP contribution in [-0.4, -0.2) is 72.5 Å². The summed E-state index contributed by atoms with van der Waals surface area (Å²) in [7, 11) is -3.68. The Hall–Kier alpha value is -3.33. The molecule has 0 radical (unpaired) electrons. The van der Waals surface area contributed by atoms with Crippen LogP contribution >= 0.6 is 0 Å². The van der Waals surface area contributed by atoms with Crippen LogP contribution in [0, 0.1) is 6.92 Å². The number of nitrogens with zero attached hydrogens (tertiary/aromatic N) is 2. The van der Waals surface area contributed by atoms with Crippen molar-refractivity contribution in [1.29, 1.82) is 0 Å². The van der Waals surface area contributed by atoms with Crippen LogP contribution in [0.4, 0.5) is 18.9 Å². The van der Waals surface area contributed by atoms with Gasteiger partial charge < -0.3 is 21.5 Å². The van der Waals surface area contributed by atoms with E-state index < -0.39 is 51.8 Å². The number of carbonyl (C=O) groups is 2. The fourth-order valence-corrected chi connectivity index (χ4v) is 6.18. The number of aliphatic hydroxyl groups is 1. The van der Waals surface area contributed by atoms with Crippen LogP contribution in [0.5, 0.6) is 0 Å². The molecule has 10 nitrogen and oxygen atoms in total. The number of hydrogen-bond donors (Lipinski definition) is 4. The average Bonchev–Trinajstić information content (AvgIpc) is 3.22. The minimum atomic E-state index is -4.54. The van der Waals surface area contributed by atoms with Crippen LogP contribution in [-0.2, 0) is 32.2 Å². The highest BCUT2D eigenvalue weighted by Gasteiger charge is 2.47. The number of carbonyl (C=O) groups excluding carboxylic acids is 2. The molecule has 1 fully saturated rings. The van der Waals surface area contributed by atoms with Gasteiger partial charge >= 0.3 is 6.18 Å². The number of nitrogens with two attached hydrogens (primary N) is 1. The highest BCUT2D eigenvalue weighted by molar-refractivity contribution is 7.89. The largest absolute Gasteiger partial charge is 0.416 e. The van der Waals surface area contributed by atoms with Crippen LogP contribution in [0.1, 0.15) is 35.1 Å². The smallest absolute Gasteiger partial charge is 0.394 e. The second kappa shape index (κ2) is 11.3. The van der Waals surface area contributed by atoms with Gasteiger partial charge in [0.2, 0.25) is 15.9 Å². The number of rotatable bonds is 8. The number of amides is 2. The summed E-state index contributed by atoms with van der Waals surface area (Å²) >= 11 is 0. The van der Waals surface area contributed by atoms with Gasteiger partial charge in [-0.05, 0) is 61.6 Å². The van der Waals surface area contributed by atoms with E-state index in [2.05, 4.69) is 15.6 Å². The van der Waals surface area contributed by atoms with Crippen molar-refractivity contribution in [1.82, 2.24) is 9.62 Å². The fraction of sp³-hybridized carbons (Fsp3) is 0.423. The third-order valence-corrected chi connectivity index (χ3v) is 9.03. The van der Waals surface area contributed by atoms with E-state index in [1.54, 1.807) is 25.1 Å². The third-order valence-electron chi connectivity index (χ3n) is 7.16. The van der Waals surface area contributed by atoms with Crippen molar-refractivity contribution < 1.29 is 36.3 Å². The maximum Gasteiger partial charge on any atom is 0.416 e. The molecule has 1 spiro atoms. The normalized spacial score (nSPS) is 18.4. The van der Waals surface area contributed by atoms with Gasteiger partial charge in [-0.25, -0.2) is 12.7 Å². The molecule has 216 valence electrons. The summed E-state index contributed by atoms with van der Waals surface area (Å²) in [5.74, 6) is -1.13. The standard InChI is InChI=1S/C26H30F3N5O5S/c1-16-13-20(31-23(36)21(30)15-35)6-5-17(16)7-12-40(38,39)34-10-8-25(9-11-34)24(37)32-22(33-25)18-3-2-4-19(14-18)26(27,28)29/h2-6,13-14,21,35H,7-12,15,30H2,1H3,(H,31,36)(H,32,33,37). The van der Waals surface area contributed by atoms with Crippen molar-refractivity contribution in [3.05, 3.63) is 64.7 Å². The van der Waals surface area contributed by atoms with E-state index in [4.69, 9.17) is 10.8 Å². The molecule has 4 rings (SSSR count). The van der Waals surface area contributed by atoms with Crippen molar-refractivity contribution >= 4 is 33.4 Å². The number of aryl methyl sites for hydroxylation is 2. The van der Waals surface area contributed by atoms with Gasteiger partial charge in [0.1, 0.15) is 17.4 Å². The van der Waals surface area contributed by atoms with Gasteiger partial charge in [0, 0.05) is 24.3 Å². The molecule has 0 saturated carbocycles. The molecule has 14 heteroatoms. The van der Waals surface area contributed by atoms with Crippen LogP contribution in [0.3, 0.4) is 0 Å². The molecule has 5 N–H and O–H groups in total. The van der Waals surface area contributed by atoms with Gasteiger partial charge in [-0.15, -0.1) is 0 Å². The summed E-state index contributed by atoms with van der Waals surface area (Å²) in [5, 5.41) is 14.2. The molecular weight excluding hydrogens is 551 g/mol. The van der Waals surface area contributed by atoms with Crippen molar-refractivity contribution in [2.45, 2.75) is 43.9 Å². The van der Waals surface area contributed by atoms with Gasteiger partial charge in [0.15, 0.2) is 0 Å². The quantitative estimate of drug-likeness (QED) is 0.371. The van der Waals surface area contributed by atoms with E-state index in [1.165, 1.54) is 16.4 Å². The molecular formula is C26H30F3N5O5S. The minimum absolute atomic E-state index is 0.0425. The Balaban J connectivity index is 1.38. The number of alkyl halides is 3. The second-order valence-electron chi connectivity index (χ2n) is 9.91. The molecule has 2 aromatic rings. The second-order valence-corrected chi connectivity index (χ2v) is 12.0. The van der Waals surface area contributed by atoms with E-state index in [0.29, 0.717) is 5.69 Å². The predicted octanol–water partition coefficient (Wildman–Crippen LogP) is 1.56. The molecule has 1 atom stereocenters. The molecule has 0 aromatic heterocycles. The summed E-state index contributed by atoms with van der Waals surface area (Å²) in [6.45, 7) is 1.38. The Morgan fingerprint density at radius 3 is 2.55 bits per heavy atom. The molecule has 1 saturated heterocycles. The average molecular weight is 582 g/mol. The Labute approximate surface area is 229 Å². The van der Waals surface area contributed by atoms with E-state index in [-0.39, 0.29) is 49.5 Å². The molecule has 2 aromatic carbocycles. The van der Waals surface area contributed by atoms with Crippen LogP contribution < -0.4 is 16.4 Å². The molecule has 40 heavy (non-hydrogen) atoms. The zero-order valence-electron chi connectivity index (χ0n) is 21.7. The molecule has 2 amide bonds. The first kappa shape index (κ1) is 29.6. The van der Waals surface area contributed by atoms with Crippen LogP contribution in [0.2, 0.25) is 0 Å². The molecule has 0 aliphatic carbocycles. The summed E-state index contributed by atoms with van der Waals surface area (Å²) in [6, 6.07) is 8.50. The van der Waals surface area contributed by atoms with E-state index in [0.717, 1.165) is 23.3 Å². The maximum atomic E-state index is 13.1. The molecule has 2 aliphatic heterocycles. The lowest BCUT2D eigenvalue weighted by Gasteiger charge is -2.34. The van der Waals surface area contributed by atoms with E-state index in [9.17, 15) is 31.2 Å². The summed E-state index contributed by atoms with van der Waals surface area (Å²) in [6.07, 6.45) is -4.12. The fourth-order valence-electron chi connectivity index (χ4n) is 4.71. The summed E-state index contributed by atoms with van der Waals surface area (Å²) in [4.78, 5) is 29.1. The Morgan fingerprint density at radius 2 is 1.93 bits per heavy atom. The van der Waals surface area contributed by atoms with Crippen LogP contribution in [0.15, 0.2) is 47.5 Å². The highest BCUT2D eigenvalue weighted by Crippen LogP contribution is 2.34. The summed E-state index contributed by atoms with van der Waals surface area (Å²) < 4.78 is 66.8. The van der Waals surface area contributed by atoms with Gasteiger partial charge in [0.05, 0.1) is 17.9 Å². The number of halogens is 3. The Kier molecular flexibility index (Phi) is 8.36. The van der Waals surface area contributed by atoms with Crippen molar-refractivity contribution in [3.63, 3.8) is 0 Å². The number of nitrogens with one attached hydrogen (secondary N) is 2. The van der Waals surface area contributed by atoms with Gasteiger partial charge in [0.25, 0.3) is 5.91 Å². The predicted molar refractivity (Wildman–Crippen MR) is 142 cm³/mol. The number of benzene rings is 2. The van der Waals surface area contributed by atoms with Gasteiger partial charge in [-0.2, -0.15) is 13.2 Å². The molecule has 0 bridgehead atoms. The minimum Gasteiger partial charge on any atom is -0.394 e. The molecule has 2 heterocycles. The van der Waals surface area contributed by atoms with Crippen molar-refractivity contribution in [2.75, 3.05) is 30.8 Å². The number of sulfonamides is 1. The maximum absolute atomic E-state index is 13.1. The van der Waals surface area contributed by atoms with Crippen molar-refractivity contribution in [2.24, 2.45) is 10.7 Å². The third kappa shape index (κ3) is 6.35. The first-order valence-electron chi connectivity index (χ1n) is 12.6. The number of anilines is 1. The number of hydrogen-bond acceptors (Lipinski definition) is 7. The summed E-state index contributed by atoms with van der Waals surface area (Å²) in [5.41, 5.74) is 5.55. The van der Waals surface area contributed by atoms with E-state index in [1.807, 2.05) is 0 Å². The monoisotopic (exact) mass is 581 g/mol. The lowest BCUT2D eigenvalue weighted by atomic mass is 9.89. The SMILES string of the molecule is Cc1cc(NC(=O)C(N)CO)ccc1CCS(=O)(=O)N1CCC2(CC1)N=C(c1cccc(C(F)(F)F)c1)NC2=O. The zero-order valence-corrected chi connectivity index (χ0v) is 22.5. The number of amidine groups is 1.